The first kappa shape index (κ1) is 15.2. The van der Waals surface area contributed by atoms with Crippen molar-refractivity contribution in [3.8, 4) is 0 Å². The van der Waals surface area contributed by atoms with E-state index in [4.69, 9.17) is 5.73 Å². The second kappa shape index (κ2) is 6.20. The number of fused-ring (bicyclic) bond motifs is 2. The van der Waals surface area contributed by atoms with Crippen molar-refractivity contribution in [2.24, 2.45) is 23.5 Å². The van der Waals surface area contributed by atoms with E-state index in [0.717, 1.165) is 12.8 Å². The van der Waals surface area contributed by atoms with E-state index in [1.807, 2.05) is 19.0 Å². The van der Waals surface area contributed by atoms with Crippen LogP contribution in [0.3, 0.4) is 0 Å². The van der Waals surface area contributed by atoms with Gasteiger partial charge in [0.25, 0.3) is 0 Å². The molecule has 2 aliphatic carbocycles. The van der Waals surface area contributed by atoms with Crippen LogP contribution in [0.25, 0.3) is 0 Å². The number of nitrogens with zero attached hydrogens (tertiary/aromatic N) is 3. The number of hydrogen-bond acceptors (Lipinski definition) is 5. The molecule has 2 atom stereocenters. The maximum absolute atomic E-state index is 12.5. The number of carbonyl (C=O) groups is 1. The van der Waals surface area contributed by atoms with Crippen LogP contribution < -0.4 is 16.0 Å². The maximum Gasteiger partial charge on any atom is 0.227 e. The van der Waals surface area contributed by atoms with Crippen molar-refractivity contribution in [2.45, 2.75) is 38.1 Å². The second-order valence-electron chi connectivity index (χ2n) is 6.85. The topological polar surface area (TPSA) is 84.1 Å². The van der Waals surface area contributed by atoms with Gasteiger partial charge in [0, 0.05) is 26.1 Å². The van der Waals surface area contributed by atoms with Gasteiger partial charge in [0.15, 0.2) is 0 Å². The third-order valence-electron chi connectivity index (χ3n) is 5.09. The zero-order valence-corrected chi connectivity index (χ0v) is 13.3. The highest BCUT2D eigenvalue weighted by molar-refractivity contribution is 5.92. The van der Waals surface area contributed by atoms with Gasteiger partial charge in [0.1, 0.15) is 0 Å². The molecular weight excluding hydrogens is 278 g/mol. The summed E-state index contributed by atoms with van der Waals surface area (Å²) in [6.45, 7) is 0. The number of aromatic nitrogens is 2. The Bertz CT molecular complexity index is 516. The summed E-state index contributed by atoms with van der Waals surface area (Å²) in [5.41, 5.74) is 6.95. The average Bonchev–Trinajstić information content (AvgIpc) is 2.47. The lowest BCUT2D eigenvalue weighted by atomic mass is 9.65. The molecule has 0 aliphatic heterocycles. The molecule has 1 heterocycles. The molecule has 120 valence electrons. The summed E-state index contributed by atoms with van der Waals surface area (Å²) in [5.74, 6) is 1.82. The molecule has 1 amide bonds. The van der Waals surface area contributed by atoms with Gasteiger partial charge in [-0.15, -0.1) is 0 Å². The molecule has 22 heavy (non-hydrogen) atoms. The van der Waals surface area contributed by atoms with Crippen LogP contribution in [0.5, 0.6) is 0 Å². The Hall–Kier alpha value is -1.69. The maximum atomic E-state index is 12.5. The van der Waals surface area contributed by atoms with Crippen LogP contribution in [0.1, 0.15) is 32.1 Å². The van der Waals surface area contributed by atoms with Crippen molar-refractivity contribution in [3.63, 3.8) is 0 Å². The Morgan fingerprint density at radius 3 is 2.36 bits per heavy atom. The SMILES string of the molecule is CN(C)c1ncc(NC(=O)C2CC3CCCC(C2)C3N)cn1. The summed E-state index contributed by atoms with van der Waals surface area (Å²) < 4.78 is 0. The highest BCUT2D eigenvalue weighted by atomic mass is 16.1. The van der Waals surface area contributed by atoms with Crippen LogP contribution in [0.2, 0.25) is 0 Å². The van der Waals surface area contributed by atoms with Crippen LogP contribution in [-0.4, -0.2) is 36.0 Å². The van der Waals surface area contributed by atoms with Crippen molar-refractivity contribution in [1.82, 2.24) is 9.97 Å². The van der Waals surface area contributed by atoms with Crippen LogP contribution in [-0.2, 0) is 4.79 Å². The van der Waals surface area contributed by atoms with E-state index in [9.17, 15) is 4.79 Å². The molecular formula is C16H25N5O. The quantitative estimate of drug-likeness (QED) is 0.886. The van der Waals surface area contributed by atoms with Gasteiger partial charge in [-0.1, -0.05) is 6.42 Å². The molecule has 6 nitrogen and oxygen atoms in total. The van der Waals surface area contributed by atoms with E-state index in [1.54, 1.807) is 12.4 Å². The fourth-order valence-corrected chi connectivity index (χ4v) is 3.86. The molecule has 0 aromatic carbocycles. The smallest absolute Gasteiger partial charge is 0.227 e. The molecule has 3 rings (SSSR count). The normalized spacial score (nSPS) is 30.7. The number of rotatable bonds is 3. The minimum atomic E-state index is 0.0728. The van der Waals surface area contributed by atoms with E-state index in [-0.39, 0.29) is 11.8 Å². The third kappa shape index (κ3) is 3.06. The van der Waals surface area contributed by atoms with Gasteiger partial charge in [0.2, 0.25) is 11.9 Å². The Balaban J connectivity index is 1.62. The van der Waals surface area contributed by atoms with Gasteiger partial charge in [0.05, 0.1) is 18.1 Å². The van der Waals surface area contributed by atoms with Crippen molar-refractivity contribution >= 4 is 17.5 Å². The van der Waals surface area contributed by atoms with Crippen molar-refractivity contribution in [2.75, 3.05) is 24.3 Å². The van der Waals surface area contributed by atoms with Gasteiger partial charge in [-0.25, -0.2) is 9.97 Å². The standard InChI is InChI=1S/C16H25N5O/c1-21(2)16-18-8-13(9-19-16)20-15(22)12-6-10-4-3-5-11(7-12)14(10)17/h8-12,14H,3-7,17H2,1-2H3,(H,20,22). The van der Waals surface area contributed by atoms with Crippen molar-refractivity contribution in [3.05, 3.63) is 12.4 Å². The molecule has 6 heteroatoms. The lowest BCUT2D eigenvalue weighted by Gasteiger charge is -2.43. The Morgan fingerprint density at radius 1 is 1.23 bits per heavy atom. The monoisotopic (exact) mass is 303 g/mol. The van der Waals surface area contributed by atoms with Gasteiger partial charge in [-0.05, 0) is 37.5 Å². The van der Waals surface area contributed by atoms with Gasteiger partial charge in [-0.3, -0.25) is 4.79 Å². The molecule has 0 spiro atoms. The van der Waals surface area contributed by atoms with E-state index >= 15 is 0 Å². The summed E-state index contributed by atoms with van der Waals surface area (Å²) >= 11 is 0. The number of hydrogen-bond donors (Lipinski definition) is 2. The first-order valence-electron chi connectivity index (χ1n) is 8.10. The molecule has 1 aromatic heterocycles. The minimum absolute atomic E-state index is 0.0728. The van der Waals surface area contributed by atoms with E-state index in [0.29, 0.717) is 29.5 Å². The predicted octanol–water partition coefficient (Wildman–Crippen LogP) is 1.63. The summed E-state index contributed by atoms with van der Waals surface area (Å²) in [4.78, 5) is 22.8. The molecule has 3 N–H and O–H groups in total. The highest BCUT2D eigenvalue weighted by Gasteiger charge is 2.40. The lowest BCUT2D eigenvalue weighted by Crippen LogP contribution is -2.48. The molecule has 1 aromatic rings. The fraction of sp³-hybridized carbons (Fsp3) is 0.688. The molecule has 0 saturated heterocycles. The van der Waals surface area contributed by atoms with E-state index in [2.05, 4.69) is 15.3 Å². The molecule has 2 saturated carbocycles. The first-order valence-corrected chi connectivity index (χ1v) is 8.10. The minimum Gasteiger partial charge on any atom is -0.347 e. The lowest BCUT2D eigenvalue weighted by molar-refractivity contribution is -0.122. The molecule has 2 aliphatic rings. The Kier molecular flexibility index (Phi) is 4.29. The number of amides is 1. The van der Waals surface area contributed by atoms with Gasteiger partial charge >= 0.3 is 0 Å². The van der Waals surface area contributed by atoms with Gasteiger partial charge in [-0.2, -0.15) is 0 Å². The number of carbonyl (C=O) groups excluding carboxylic acids is 1. The number of nitrogens with two attached hydrogens (primary N) is 1. The third-order valence-corrected chi connectivity index (χ3v) is 5.09. The van der Waals surface area contributed by atoms with Crippen LogP contribution >= 0.6 is 0 Å². The second-order valence-corrected chi connectivity index (χ2v) is 6.85. The summed E-state index contributed by atoms with van der Waals surface area (Å²) in [6, 6.07) is 0.292. The predicted molar refractivity (Wildman–Crippen MR) is 86.5 cm³/mol. The Labute approximate surface area is 131 Å². The van der Waals surface area contributed by atoms with Crippen molar-refractivity contribution in [1.29, 1.82) is 0 Å². The molecule has 2 fully saturated rings. The first-order chi connectivity index (χ1) is 10.5. The molecule has 2 unspecified atom stereocenters. The summed E-state index contributed by atoms with van der Waals surface area (Å²) in [6.07, 6.45) is 8.76. The zero-order chi connectivity index (χ0) is 15.7. The van der Waals surface area contributed by atoms with Gasteiger partial charge < -0.3 is 16.0 Å². The fourth-order valence-electron chi connectivity index (χ4n) is 3.86. The molecule has 0 radical (unpaired) electrons. The largest absolute Gasteiger partial charge is 0.347 e. The number of nitrogens with one attached hydrogen (secondary N) is 1. The summed E-state index contributed by atoms with van der Waals surface area (Å²) in [5, 5.41) is 2.96. The molecule has 2 bridgehead atoms. The Morgan fingerprint density at radius 2 is 1.82 bits per heavy atom. The van der Waals surface area contributed by atoms with E-state index in [1.165, 1.54) is 19.3 Å². The number of anilines is 2. The highest BCUT2D eigenvalue weighted by Crippen LogP contribution is 2.42. The zero-order valence-electron chi connectivity index (χ0n) is 13.3. The van der Waals surface area contributed by atoms with Crippen LogP contribution in [0, 0.1) is 17.8 Å². The summed E-state index contributed by atoms with van der Waals surface area (Å²) in [7, 11) is 3.77. The average molecular weight is 303 g/mol. The van der Waals surface area contributed by atoms with Crippen molar-refractivity contribution < 1.29 is 4.79 Å². The van der Waals surface area contributed by atoms with Crippen LogP contribution in [0.15, 0.2) is 12.4 Å². The van der Waals surface area contributed by atoms with E-state index < -0.39 is 0 Å². The van der Waals surface area contributed by atoms with Crippen LogP contribution in [0.4, 0.5) is 11.6 Å².